The second-order valence-corrected chi connectivity index (χ2v) is 4.54. The quantitative estimate of drug-likeness (QED) is 0.761. The third-order valence-corrected chi connectivity index (χ3v) is 3.18. The van der Waals surface area contributed by atoms with Crippen LogP contribution in [0.25, 0.3) is 10.9 Å². The Kier molecular flexibility index (Phi) is 3.56. The van der Waals surface area contributed by atoms with E-state index >= 15 is 0 Å². The lowest BCUT2D eigenvalue weighted by molar-refractivity contribution is 0.276. The molecule has 2 aromatic carbocycles. The van der Waals surface area contributed by atoms with Gasteiger partial charge in [0.2, 0.25) is 5.95 Å². The first-order valence-electron chi connectivity index (χ1n) is 6.51. The first-order chi connectivity index (χ1) is 9.86. The Hall–Kier alpha value is -2.46. The monoisotopic (exact) mass is 265 g/mol. The molecule has 0 saturated heterocycles. The van der Waals surface area contributed by atoms with Crippen molar-refractivity contribution < 1.29 is 5.11 Å². The zero-order valence-electron chi connectivity index (χ0n) is 10.9. The van der Waals surface area contributed by atoms with E-state index in [-0.39, 0.29) is 12.6 Å². The Bertz CT molecular complexity index is 700. The van der Waals surface area contributed by atoms with Crippen LogP contribution < -0.4 is 5.32 Å². The van der Waals surface area contributed by atoms with E-state index in [4.69, 9.17) is 0 Å². The number of hydrogen-bond donors (Lipinski definition) is 2. The van der Waals surface area contributed by atoms with Crippen LogP contribution >= 0.6 is 0 Å². The van der Waals surface area contributed by atoms with Crippen molar-refractivity contribution in [3.05, 3.63) is 66.4 Å². The zero-order valence-corrected chi connectivity index (χ0v) is 10.9. The van der Waals surface area contributed by atoms with E-state index < -0.39 is 0 Å². The molecule has 4 nitrogen and oxygen atoms in total. The van der Waals surface area contributed by atoms with Gasteiger partial charge in [0.15, 0.2) is 0 Å². The average molecular weight is 265 g/mol. The molecule has 0 aliphatic heterocycles. The largest absolute Gasteiger partial charge is 0.394 e. The van der Waals surface area contributed by atoms with Gasteiger partial charge >= 0.3 is 0 Å². The number of rotatable bonds is 4. The second-order valence-electron chi connectivity index (χ2n) is 4.54. The molecule has 100 valence electrons. The molecule has 2 N–H and O–H groups in total. The molecule has 0 radical (unpaired) electrons. The summed E-state index contributed by atoms with van der Waals surface area (Å²) in [4.78, 5) is 8.74. The normalized spacial score (nSPS) is 12.2. The van der Waals surface area contributed by atoms with Crippen LogP contribution in [-0.4, -0.2) is 21.7 Å². The summed E-state index contributed by atoms with van der Waals surface area (Å²) in [7, 11) is 0. The summed E-state index contributed by atoms with van der Waals surface area (Å²) in [5.41, 5.74) is 1.89. The Labute approximate surface area is 117 Å². The summed E-state index contributed by atoms with van der Waals surface area (Å²) in [6, 6.07) is 17.4. The van der Waals surface area contributed by atoms with Crippen LogP contribution in [0.4, 0.5) is 5.95 Å². The molecule has 0 spiro atoms. The number of hydrogen-bond acceptors (Lipinski definition) is 4. The highest BCUT2D eigenvalue weighted by atomic mass is 16.3. The van der Waals surface area contributed by atoms with Gasteiger partial charge < -0.3 is 10.4 Å². The maximum Gasteiger partial charge on any atom is 0.223 e. The Morgan fingerprint density at radius 2 is 1.75 bits per heavy atom. The smallest absolute Gasteiger partial charge is 0.223 e. The van der Waals surface area contributed by atoms with E-state index in [1.54, 1.807) is 6.20 Å². The van der Waals surface area contributed by atoms with E-state index in [2.05, 4.69) is 15.3 Å². The summed E-state index contributed by atoms with van der Waals surface area (Å²) >= 11 is 0. The summed E-state index contributed by atoms with van der Waals surface area (Å²) in [6.45, 7) is -0.0137. The summed E-state index contributed by atoms with van der Waals surface area (Å²) in [5, 5.41) is 13.7. The van der Waals surface area contributed by atoms with Crippen LogP contribution in [0.15, 0.2) is 60.8 Å². The third kappa shape index (κ3) is 2.60. The van der Waals surface area contributed by atoms with Gasteiger partial charge in [-0.15, -0.1) is 0 Å². The van der Waals surface area contributed by atoms with Gasteiger partial charge in [-0.1, -0.05) is 48.5 Å². The van der Waals surface area contributed by atoms with Gasteiger partial charge in [-0.2, -0.15) is 0 Å². The van der Waals surface area contributed by atoms with Crippen LogP contribution in [0.1, 0.15) is 11.6 Å². The van der Waals surface area contributed by atoms with Crippen molar-refractivity contribution in [3.63, 3.8) is 0 Å². The van der Waals surface area contributed by atoms with Gasteiger partial charge in [0.25, 0.3) is 0 Å². The number of aromatic nitrogens is 2. The molecule has 0 bridgehead atoms. The van der Waals surface area contributed by atoms with Crippen molar-refractivity contribution in [1.29, 1.82) is 0 Å². The molecule has 3 rings (SSSR count). The molecule has 1 heterocycles. The number of aliphatic hydroxyl groups excluding tert-OH is 1. The van der Waals surface area contributed by atoms with Crippen molar-refractivity contribution in [1.82, 2.24) is 9.97 Å². The predicted molar refractivity (Wildman–Crippen MR) is 79.4 cm³/mol. The zero-order chi connectivity index (χ0) is 13.8. The molecular weight excluding hydrogens is 250 g/mol. The van der Waals surface area contributed by atoms with E-state index in [0.29, 0.717) is 5.95 Å². The lowest BCUT2D eigenvalue weighted by Gasteiger charge is -2.16. The maximum atomic E-state index is 9.54. The summed E-state index contributed by atoms with van der Waals surface area (Å²) in [5.74, 6) is 0.520. The minimum atomic E-state index is -0.211. The van der Waals surface area contributed by atoms with Gasteiger partial charge in [0.1, 0.15) is 0 Å². The van der Waals surface area contributed by atoms with Gasteiger partial charge in [-0.3, -0.25) is 0 Å². The number of para-hydroxylation sites is 1. The van der Waals surface area contributed by atoms with Gasteiger partial charge in [-0.05, 0) is 11.6 Å². The van der Waals surface area contributed by atoms with Crippen molar-refractivity contribution >= 4 is 16.9 Å². The molecule has 0 aliphatic carbocycles. The van der Waals surface area contributed by atoms with Crippen molar-refractivity contribution in [2.75, 3.05) is 11.9 Å². The fourth-order valence-corrected chi connectivity index (χ4v) is 2.12. The predicted octanol–water partition coefficient (Wildman–Crippen LogP) is 2.78. The van der Waals surface area contributed by atoms with Crippen molar-refractivity contribution in [2.45, 2.75) is 6.04 Å². The molecule has 1 atom stereocenters. The molecule has 0 fully saturated rings. The molecule has 20 heavy (non-hydrogen) atoms. The van der Waals surface area contributed by atoms with E-state index in [0.717, 1.165) is 16.5 Å². The first-order valence-corrected chi connectivity index (χ1v) is 6.51. The van der Waals surface area contributed by atoms with Crippen LogP contribution in [0, 0.1) is 0 Å². The van der Waals surface area contributed by atoms with Crippen LogP contribution in [0.5, 0.6) is 0 Å². The molecule has 0 saturated carbocycles. The lowest BCUT2D eigenvalue weighted by atomic mass is 10.1. The molecule has 0 aliphatic rings. The summed E-state index contributed by atoms with van der Waals surface area (Å²) < 4.78 is 0. The highest BCUT2D eigenvalue weighted by Crippen LogP contribution is 2.18. The second kappa shape index (κ2) is 5.67. The molecular formula is C16H15N3O. The Morgan fingerprint density at radius 1 is 1.00 bits per heavy atom. The van der Waals surface area contributed by atoms with E-state index in [9.17, 15) is 5.11 Å². The Balaban J connectivity index is 1.87. The van der Waals surface area contributed by atoms with Crippen molar-refractivity contribution in [2.24, 2.45) is 0 Å². The van der Waals surface area contributed by atoms with Crippen LogP contribution in [-0.2, 0) is 0 Å². The number of aliphatic hydroxyl groups is 1. The minimum absolute atomic E-state index is 0.0137. The maximum absolute atomic E-state index is 9.54. The Morgan fingerprint density at radius 3 is 2.55 bits per heavy atom. The number of benzene rings is 2. The molecule has 1 unspecified atom stereocenters. The number of nitrogens with one attached hydrogen (secondary N) is 1. The number of fused-ring (bicyclic) bond motifs is 1. The lowest BCUT2D eigenvalue weighted by Crippen LogP contribution is -2.16. The molecule has 0 amide bonds. The molecule has 1 aromatic heterocycles. The average Bonchev–Trinajstić information content (AvgIpc) is 2.53. The van der Waals surface area contributed by atoms with Gasteiger partial charge in [0.05, 0.1) is 18.2 Å². The third-order valence-electron chi connectivity index (χ3n) is 3.18. The van der Waals surface area contributed by atoms with E-state index in [1.807, 2.05) is 54.6 Å². The van der Waals surface area contributed by atoms with Crippen molar-refractivity contribution in [3.8, 4) is 0 Å². The number of anilines is 1. The highest BCUT2D eigenvalue weighted by Gasteiger charge is 2.11. The van der Waals surface area contributed by atoms with Crippen LogP contribution in [0.2, 0.25) is 0 Å². The topological polar surface area (TPSA) is 58.0 Å². The van der Waals surface area contributed by atoms with Crippen LogP contribution in [0.3, 0.4) is 0 Å². The van der Waals surface area contributed by atoms with Gasteiger partial charge in [0, 0.05) is 11.6 Å². The highest BCUT2D eigenvalue weighted by molar-refractivity contribution is 5.78. The SMILES string of the molecule is OCC(Nc1ncc2ccccc2n1)c1ccccc1. The minimum Gasteiger partial charge on any atom is -0.394 e. The van der Waals surface area contributed by atoms with E-state index in [1.165, 1.54) is 0 Å². The fraction of sp³-hybridized carbons (Fsp3) is 0.125. The number of nitrogens with zero attached hydrogens (tertiary/aromatic N) is 2. The molecule has 4 heteroatoms. The molecule has 3 aromatic rings. The van der Waals surface area contributed by atoms with Gasteiger partial charge in [-0.25, -0.2) is 9.97 Å². The summed E-state index contributed by atoms with van der Waals surface area (Å²) in [6.07, 6.45) is 1.78. The first kappa shape index (κ1) is 12.6. The standard InChI is InChI=1S/C16H15N3O/c20-11-15(12-6-2-1-3-7-12)19-16-17-10-13-8-4-5-9-14(13)18-16/h1-10,15,20H,11H2,(H,17,18,19). The fourth-order valence-electron chi connectivity index (χ4n) is 2.12.